The van der Waals surface area contributed by atoms with Gasteiger partial charge in [-0.25, -0.2) is 4.98 Å². The molecule has 0 radical (unpaired) electrons. The van der Waals surface area contributed by atoms with Crippen LogP contribution in [-0.4, -0.2) is 16.4 Å². The highest BCUT2D eigenvalue weighted by Crippen LogP contribution is 2.29. The van der Waals surface area contributed by atoms with E-state index in [1.807, 2.05) is 71.0 Å². The summed E-state index contributed by atoms with van der Waals surface area (Å²) < 4.78 is 7.14. The lowest BCUT2D eigenvalue weighted by molar-refractivity contribution is 0.104. The zero-order chi connectivity index (χ0) is 18.9. The predicted molar refractivity (Wildman–Crippen MR) is 109 cm³/mol. The molecule has 4 heteroatoms. The Morgan fingerprint density at radius 3 is 2.46 bits per heavy atom. The van der Waals surface area contributed by atoms with E-state index in [9.17, 15) is 4.79 Å². The number of ketones is 1. The minimum Gasteiger partial charge on any atom is -0.488 e. The molecule has 0 amide bonds. The molecule has 3 rings (SSSR count). The third-order valence-electron chi connectivity index (χ3n) is 3.93. The van der Waals surface area contributed by atoms with E-state index in [-0.39, 0.29) is 11.4 Å². The molecule has 0 saturated heterocycles. The van der Waals surface area contributed by atoms with Gasteiger partial charge in [-0.05, 0) is 87.7 Å². The summed E-state index contributed by atoms with van der Waals surface area (Å²) in [7, 11) is 0. The molecule has 0 saturated carbocycles. The summed E-state index contributed by atoms with van der Waals surface area (Å²) >= 11 is 1.57. The number of hydrogen-bond donors (Lipinski definition) is 0. The van der Waals surface area contributed by atoms with Gasteiger partial charge in [0.15, 0.2) is 5.78 Å². The Balaban J connectivity index is 1.82. The van der Waals surface area contributed by atoms with Crippen LogP contribution >= 0.6 is 11.3 Å². The molecular weight excluding hydrogens is 342 g/mol. The summed E-state index contributed by atoms with van der Waals surface area (Å²) in [6, 6.07) is 9.73. The van der Waals surface area contributed by atoms with Crippen molar-refractivity contribution in [2.24, 2.45) is 0 Å². The molecule has 3 nitrogen and oxygen atoms in total. The molecule has 0 atom stereocenters. The number of rotatable bonds is 4. The summed E-state index contributed by atoms with van der Waals surface area (Å²) in [5.41, 5.74) is 6.19. The topological polar surface area (TPSA) is 39.2 Å². The summed E-state index contributed by atoms with van der Waals surface area (Å²) in [6.07, 6.45) is 3.47. The van der Waals surface area contributed by atoms with Crippen LogP contribution in [0.3, 0.4) is 0 Å². The Morgan fingerprint density at radius 2 is 1.81 bits per heavy atom. The molecule has 0 spiro atoms. The van der Waals surface area contributed by atoms with Gasteiger partial charge >= 0.3 is 0 Å². The number of carbonyl (C=O) groups is 1. The first-order chi connectivity index (χ1) is 12.2. The molecule has 0 unspecified atom stereocenters. The summed E-state index contributed by atoms with van der Waals surface area (Å²) in [6.45, 7) is 10.2. The Bertz CT molecular complexity index is 970. The number of allylic oxidation sites excluding steroid dienone is 1. The second kappa shape index (κ2) is 7.04. The van der Waals surface area contributed by atoms with Crippen LogP contribution in [0.2, 0.25) is 0 Å². The molecule has 0 aliphatic rings. The van der Waals surface area contributed by atoms with Crippen LogP contribution in [-0.2, 0) is 0 Å². The van der Waals surface area contributed by atoms with Crippen LogP contribution < -0.4 is 4.74 Å². The predicted octanol–water partition coefficient (Wildman–Crippen LogP) is 5.99. The third kappa shape index (κ3) is 4.20. The maximum Gasteiger partial charge on any atom is 0.185 e. The molecule has 0 N–H and O–H groups in total. The average Bonchev–Trinajstić information content (AvgIpc) is 3.02. The van der Waals surface area contributed by atoms with Gasteiger partial charge in [0.1, 0.15) is 11.4 Å². The largest absolute Gasteiger partial charge is 0.488 e. The van der Waals surface area contributed by atoms with Crippen molar-refractivity contribution in [3.8, 4) is 5.75 Å². The number of ether oxygens (including phenoxy) is 1. The fourth-order valence-corrected chi connectivity index (χ4v) is 3.49. The molecule has 0 aliphatic carbocycles. The van der Waals surface area contributed by atoms with Gasteiger partial charge in [-0.15, -0.1) is 11.3 Å². The van der Waals surface area contributed by atoms with Crippen molar-refractivity contribution in [2.75, 3.05) is 0 Å². The van der Waals surface area contributed by atoms with Crippen molar-refractivity contribution in [3.05, 3.63) is 64.2 Å². The van der Waals surface area contributed by atoms with Gasteiger partial charge in [-0.3, -0.25) is 4.79 Å². The minimum atomic E-state index is -0.239. The zero-order valence-corrected chi connectivity index (χ0v) is 16.6. The van der Waals surface area contributed by atoms with Gasteiger partial charge in [-0.2, -0.15) is 0 Å². The molecule has 0 bridgehead atoms. The van der Waals surface area contributed by atoms with E-state index in [1.165, 1.54) is 0 Å². The average molecular weight is 365 g/mol. The lowest BCUT2D eigenvalue weighted by Gasteiger charge is -2.24. The number of aromatic nitrogens is 1. The number of hydrogen-bond acceptors (Lipinski definition) is 4. The molecule has 1 heterocycles. The normalized spacial score (nSPS) is 12.0. The van der Waals surface area contributed by atoms with Crippen LogP contribution in [0.5, 0.6) is 5.75 Å². The fraction of sp³-hybridized carbons (Fsp3) is 0.273. The van der Waals surface area contributed by atoms with Crippen LogP contribution in [0.4, 0.5) is 0 Å². The fourth-order valence-electron chi connectivity index (χ4n) is 2.83. The van der Waals surface area contributed by atoms with Gasteiger partial charge in [0.05, 0.1) is 15.7 Å². The molecule has 0 aliphatic heterocycles. The van der Waals surface area contributed by atoms with E-state index in [0.29, 0.717) is 5.56 Å². The molecule has 3 aromatic rings. The molecular formula is C22H23NO2S. The Morgan fingerprint density at radius 1 is 1.12 bits per heavy atom. The zero-order valence-electron chi connectivity index (χ0n) is 15.8. The Kier molecular flexibility index (Phi) is 4.97. The smallest absolute Gasteiger partial charge is 0.185 e. The van der Waals surface area contributed by atoms with Crippen molar-refractivity contribution in [1.29, 1.82) is 0 Å². The maximum atomic E-state index is 12.5. The second-order valence-electron chi connectivity index (χ2n) is 7.43. The van der Waals surface area contributed by atoms with E-state index in [4.69, 9.17) is 4.74 Å². The van der Waals surface area contributed by atoms with Crippen molar-refractivity contribution in [2.45, 2.75) is 40.2 Å². The maximum absolute atomic E-state index is 12.5. The standard InChI is InChI=1S/C22H23NO2S/c1-14-10-16(11-15(2)21(14)25-22(3,4)5)6-8-19(24)17-7-9-20-18(12-17)23-13-26-20/h6-13H,1-5H3. The molecule has 26 heavy (non-hydrogen) atoms. The van der Waals surface area contributed by atoms with Crippen molar-refractivity contribution >= 4 is 33.4 Å². The van der Waals surface area contributed by atoms with Crippen LogP contribution in [0.25, 0.3) is 16.3 Å². The van der Waals surface area contributed by atoms with E-state index < -0.39 is 0 Å². The number of aryl methyl sites for hydroxylation is 2. The first-order valence-corrected chi connectivity index (χ1v) is 9.47. The monoisotopic (exact) mass is 365 g/mol. The van der Waals surface area contributed by atoms with Gasteiger partial charge in [0.2, 0.25) is 0 Å². The molecule has 134 valence electrons. The van der Waals surface area contributed by atoms with Gasteiger partial charge in [-0.1, -0.05) is 6.08 Å². The number of carbonyl (C=O) groups excluding carboxylic acids is 1. The second-order valence-corrected chi connectivity index (χ2v) is 8.32. The van der Waals surface area contributed by atoms with E-state index in [1.54, 1.807) is 22.9 Å². The Labute approximate surface area is 158 Å². The van der Waals surface area contributed by atoms with E-state index in [0.717, 1.165) is 32.7 Å². The highest BCUT2D eigenvalue weighted by atomic mass is 32.1. The quantitative estimate of drug-likeness (QED) is 0.421. The summed E-state index contributed by atoms with van der Waals surface area (Å²) in [4.78, 5) is 16.7. The van der Waals surface area contributed by atoms with Gasteiger partial charge < -0.3 is 4.74 Å². The van der Waals surface area contributed by atoms with Crippen LogP contribution in [0.1, 0.15) is 47.8 Å². The third-order valence-corrected chi connectivity index (χ3v) is 4.74. The lowest BCUT2D eigenvalue weighted by atomic mass is 10.0. The van der Waals surface area contributed by atoms with Crippen molar-refractivity contribution in [3.63, 3.8) is 0 Å². The van der Waals surface area contributed by atoms with Gasteiger partial charge in [0.25, 0.3) is 0 Å². The van der Waals surface area contributed by atoms with E-state index in [2.05, 4.69) is 4.98 Å². The van der Waals surface area contributed by atoms with Crippen molar-refractivity contribution < 1.29 is 9.53 Å². The van der Waals surface area contributed by atoms with Crippen LogP contribution in [0.15, 0.2) is 41.9 Å². The molecule has 0 fully saturated rings. The van der Waals surface area contributed by atoms with Gasteiger partial charge in [0, 0.05) is 5.56 Å². The van der Waals surface area contributed by atoms with Crippen molar-refractivity contribution in [1.82, 2.24) is 4.98 Å². The number of benzene rings is 2. The number of nitrogens with zero attached hydrogens (tertiary/aromatic N) is 1. The molecule has 2 aromatic carbocycles. The SMILES string of the molecule is Cc1cc(C=CC(=O)c2ccc3scnc3c2)cc(C)c1OC(C)(C)C. The van der Waals surface area contributed by atoms with E-state index >= 15 is 0 Å². The summed E-state index contributed by atoms with van der Waals surface area (Å²) in [5.74, 6) is 0.889. The van der Waals surface area contributed by atoms with Crippen LogP contribution in [0, 0.1) is 13.8 Å². The number of thiazole rings is 1. The first-order valence-electron chi connectivity index (χ1n) is 8.59. The molecule has 1 aromatic heterocycles. The highest BCUT2D eigenvalue weighted by molar-refractivity contribution is 7.16. The highest BCUT2D eigenvalue weighted by Gasteiger charge is 2.15. The Hall–Kier alpha value is -2.46. The summed E-state index contributed by atoms with van der Waals surface area (Å²) in [5, 5.41) is 0. The lowest BCUT2D eigenvalue weighted by Crippen LogP contribution is -2.24. The number of fused-ring (bicyclic) bond motifs is 1. The first kappa shape index (κ1) is 18.3. The minimum absolute atomic E-state index is 0.0229.